The maximum Gasteiger partial charge on any atom is 0.265 e. The minimum atomic E-state index is -0.0782. The van der Waals surface area contributed by atoms with Gasteiger partial charge in [-0.25, -0.2) is 9.97 Å². The Morgan fingerprint density at radius 3 is 2.64 bits per heavy atom. The van der Waals surface area contributed by atoms with Crippen LogP contribution in [0.1, 0.15) is 35.1 Å². The lowest BCUT2D eigenvalue weighted by Crippen LogP contribution is -2.41. The molecular weight excluding hydrogens is 372 g/mol. The molecule has 4 heterocycles. The van der Waals surface area contributed by atoms with E-state index in [9.17, 15) is 4.79 Å². The van der Waals surface area contributed by atoms with Crippen molar-refractivity contribution in [1.82, 2.24) is 19.9 Å². The van der Waals surface area contributed by atoms with E-state index >= 15 is 0 Å². The summed E-state index contributed by atoms with van der Waals surface area (Å²) in [6, 6.07) is 4.07. The number of nitrogen functional groups attached to an aromatic ring is 1. The van der Waals surface area contributed by atoms with Crippen molar-refractivity contribution < 1.29 is 4.79 Å². The number of hydrogen-bond donors (Lipinski definition) is 1. The second-order valence-corrected chi connectivity index (χ2v) is 8.70. The number of rotatable bonds is 3. The first kappa shape index (κ1) is 18.6. The van der Waals surface area contributed by atoms with E-state index in [1.54, 1.807) is 31.4 Å². The molecule has 0 aliphatic carbocycles. The summed E-state index contributed by atoms with van der Waals surface area (Å²) < 4.78 is 0. The van der Waals surface area contributed by atoms with E-state index in [1.807, 2.05) is 12.3 Å². The first-order valence-electron chi connectivity index (χ1n) is 9.31. The topological polar surface area (TPSA) is 88.2 Å². The molecule has 1 aliphatic rings. The monoisotopic (exact) mass is 396 g/mol. The molecule has 0 bridgehead atoms. The fourth-order valence-electron chi connectivity index (χ4n) is 3.64. The molecule has 1 amide bonds. The number of carbonyl (C=O) groups excluding carboxylic acids is 1. The fourth-order valence-corrected chi connectivity index (χ4v) is 4.75. The molecule has 28 heavy (non-hydrogen) atoms. The first-order chi connectivity index (χ1) is 13.4. The van der Waals surface area contributed by atoms with Gasteiger partial charge in [-0.05, 0) is 25.0 Å². The smallest absolute Gasteiger partial charge is 0.265 e. The maximum absolute atomic E-state index is 12.4. The number of anilines is 2. The second kappa shape index (κ2) is 7.01. The van der Waals surface area contributed by atoms with Crippen LogP contribution in [0.15, 0.2) is 30.7 Å². The summed E-state index contributed by atoms with van der Waals surface area (Å²) >= 11 is 1.38. The van der Waals surface area contributed by atoms with Gasteiger partial charge in [-0.3, -0.25) is 9.78 Å². The Hall–Kier alpha value is -2.74. The van der Waals surface area contributed by atoms with Crippen molar-refractivity contribution in [3.05, 3.63) is 41.3 Å². The zero-order valence-corrected chi connectivity index (χ0v) is 17.2. The molecule has 3 aromatic heterocycles. The minimum Gasteiger partial charge on any atom is -0.397 e. The van der Waals surface area contributed by atoms with Crippen LogP contribution in [-0.2, 0) is 5.41 Å². The third-order valence-corrected chi connectivity index (χ3v) is 6.66. The predicted octanol–water partition coefficient (Wildman–Crippen LogP) is 2.93. The third-order valence-electron chi connectivity index (χ3n) is 5.55. The molecule has 3 aromatic rings. The van der Waals surface area contributed by atoms with E-state index in [1.165, 1.54) is 11.3 Å². The summed E-state index contributed by atoms with van der Waals surface area (Å²) in [5, 5.41) is 0.861. The molecule has 0 aromatic carbocycles. The van der Waals surface area contributed by atoms with Gasteiger partial charge in [0.2, 0.25) is 0 Å². The number of hydrogen-bond acceptors (Lipinski definition) is 7. The number of fused-ring (bicyclic) bond motifs is 1. The van der Waals surface area contributed by atoms with Crippen molar-refractivity contribution in [1.29, 1.82) is 0 Å². The molecule has 4 rings (SSSR count). The Labute approximate surface area is 168 Å². The molecule has 8 heteroatoms. The van der Waals surface area contributed by atoms with E-state index in [0.717, 1.165) is 47.7 Å². The highest BCUT2D eigenvalue weighted by Crippen LogP contribution is 2.39. The third kappa shape index (κ3) is 3.17. The Morgan fingerprint density at radius 2 is 2.00 bits per heavy atom. The molecule has 146 valence electrons. The summed E-state index contributed by atoms with van der Waals surface area (Å²) in [5.74, 6) is 0.844. The lowest BCUT2D eigenvalue weighted by atomic mass is 9.77. The Bertz CT molecular complexity index is 1010. The maximum atomic E-state index is 12.4. The van der Waals surface area contributed by atoms with Gasteiger partial charge in [0.15, 0.2) is 0 Å². The number of amides is 1. The highest BCUT2D eigenvalue weighted by molar-refractivity contribution is 7.21. The standard InChI is InChI=1S/C20H24N6OS/c1-20(6-10-26(11-7-20)15-12-22-8-9-23-15)14-5-4-13-16(21)17(19(27)25(2)3)28-18(13)24-14/h4-5,8-9,12H,6-7,10-11,21H2,1-3H3. The van der Waals surface area contributed by atoms with Crippen molar-refractivity contribution >= 4 is 39.0 Å². The van der Waals surface area contributed by atoms with Gasteiger partial charge >= 0.3 is 0 Å². The SMILES string of the molecule is CN(C)C(=O)c1sc2nc(C3(C)CCN(c4cnccn4)CC3)ccc2c1N. The number of nitrogens with two attached hydrogens (primary N) is 1. The summed E-state index contributed by atoms with van der Waals surface area (Å²) in [6.45, 7) is 4.08. The number of carbonyl (C=O) groups is 1. The molecule has 0 saturated carbocycles. The Balaban J connectivity index is 1.60. The average molecular weight is 397 g/mol. The summed E-state index contributed by atoms with van der Waals surface area (Å²) in [5.41, 5.74) is 7.80. The fraction of sp³-hybridized carbons (Fsp3) is 0.400. The first-order valence-corrected chi connectivity index (χ1v) is 10.1. The highest BCUT2D eigenvalue weighted by Gasteiger charge is 2.34. The molecule has 1 aliphatic heterocycles. The van der Waals surface area contributed by atoms with Crippen LogP contribution in [0.3, 0.4) is 0 Å². The van der Waals surface area contributed by atoms with Crippen molar-refractivity contribution in [3.63, 3.8) is 0 Å². The largest absolute Gasteiger partial charge is 0.397 e. The molecule has 0 spiro atoms. The normalized spacial score (nSPS) is 16.3. The molecule has 7 nitrogen and oxygen atoms in total. The number of thiophene rings is 1. The van der Waals surface area contributed by atoms with Crippen LogP contribution in [0.4, 0.5) is 11.5 Å². The van der Waals surface area contributed by atoms with E-state index < -0.39 is 0 Å². The van der Waals surface area contributed by atoms with Crippen molar-refractivity contribution in [2.45, 2.75) is 25.2 Å². The zero-order chi connectivity index (χ0) is 19.9. The van der Waals surface area contributed by atoms with Gasteiger partial charge in [-0.15, -0.1) is 11.3 Å². The molecule has 1 saturated heterocycles. The van der Waals surface area contributed by atoms with Gasteiger partial charge in [0, 0.05) is 56.1 Å². The van der Waals surface area contributed by atoms with Gasteiger partial charge in [-0.2, -0.15) is 0 Å². The van der Waals surface area contributed by atoms with Gasteiger partial charge < -0.3 is 15.5 Å². The average Bonchev–Trinajstić information content (AvgIpc) is 3.04. The second-order valence-electron chi connectivity index (χ2n) is 7.70. The van der Waals surface area contributed by atoms with Crippen LogP contribution in [0, 0.1) is 0 Å². The molecule has 1 fully saturated rings. The molecular formula is C20H24N6OS. The highest BCUT2D eigenvalue weighted by atomic mass is 32.1. The van der Waals surface area contributed by atoms with Crippen LogP contribution in [0.25, 0.3) is 10.2 Å². The lowest BCUT2D eigenvalue weighted by molar-refractivity contribution is 0.0833. The summed E-state index contributed by atoms with van der Waals surface area (Å²) in [4.78, 5) is 31.1. The minimum absolute atomic E-state index is 0.0165. The van der Waals surface area contributed by atoms with E-state index in [0.29, 0.717) is 10.6 Å². The van der Waals surface area contributed by atoms with Gasteiger partial charge in [0.05, 0.1) is 11.9 Å². The molecule has 0 radical (unpaired) electrons. The number of pyridine rings is 1. The number of aromatic nitrogens is 3. The molecule has 0 atom stereocenters. The zero-order valence-electron chi connectivity index (χ0n) is 16.3. The van der Waals surface area contributed by atoms with Gasteiger partial charge in [0.1, 0.15) is 15.5 Å². The summed E-state index contributed by atoms with van der Waals surface area (Å²) in [7, 11) is 3.47. The quantitative estimate of drug-likeness (QED) is 0.732. The van der Waals surface area contributed by atoms with Crippen LogP contribution in [-0.4, -0.2) is 52.9 Å². The predicted molar refractivity (Wildman–Crippen MR) is 113 cm³/mol. The molecule has 0 unspecified atom stereocenters. The van der Waals surface area contributed by atoms with Gasteiger partial charge in [0.25, 0.3) is 5.91 Å². The molecule has 2 N–H and O–H groups in total. The van der Waals surface area contributed by atoms with E-state index in [-0.39, 0.29) is 11.3 Å². The van der Waals surface area contributed by atoms with Gasteiger partial charge in [-0.1, -0.05) is 6.92 Å². The van der Waals surface area contributed by atoms with Crippen LogP contribution < -0.4 is 10.6 Å². The van der Waals surface area contributed by atoms with Crippen molar-refractivity contribution in [2.24, 2.45) is 0 Å². The van der Waals surface area contributed by atoms with Crippen molar-refractivity contribution in [2.75, 3.05) is 37.8 Å². The number of piperidine rings is 1. The summed E-state index contributed by atoms with van der Waals surface area (Å²) in [6.07, 6.45) is 7.19. The van der Waals surface area contributed by atoms with Crippen LogP contribution in [0.2, 0.25) is 0 Å². The van der Waals surface area contributed by atoms with Crippen LogP contribution >= 0.6 is 11.3 Å². The Morgan fingerprint density at radius 1 is 1.25 bits per heavy atom. The Kier molecular flexibility index (Phi) is 4.66. The van der Waals surface area contributed by atoms with Crippen molar-refractivity contribution in [3.8, 4) is 0 Å². The number of nitrogens with zero attached hydrogens (tertiary/aromatic N) is 5. The van der Waals surface area contributed by atoms with Crippen LogP contribution in [0.5, 0.6) is 0 Å². The van der Waals surface area contributed by atoms with E-state index in [4.69, 9.17) is 10.7 Å². The van der Waals surface area contributed by atoms with E-state index in [2.05, 4.69) is 27.9 Å². The lowest BCUT2D eigenvalue weighted by Gasteiger charge is -2.39.